The normalized spacial score (nSPS) is 19.0. The van der Waals surface area contributed by atoms with E-state index in [2.05, 4.69) is 48.5 Å². The minimum Gasteiger partial charge on any atom is -0.463 e. The summed E-state index contributed by atoms with van der Waals surface area (Å²) in [6.07, 6.45) is 4.59. The number of esters is 1. The third-order valence-corrected chi connectivity index (χ3v) is 4.34. The standard InChI is InChI=1S/C20H20O2/c1-2-22-19(21)14-13-18-15-20(18,16-9-5-3-6-10-16)17-11-7-4-8-12-17/h3-14,18H,2,15H2,1H3/t18-/m0/s1. The molecule has 1 saturated carbocycles. The highest BCUT2D eigenvalue weighted by molar-refractivity contribution is 5.82. The third-order valence-electron chi connectivity index (χ3n) is 4.34. The van der Waals surface area contributed by atoms with Crippen LogP contribution in [0.3, 0.4) is 0 Å². The van der Waals surface area contributed by atoms with Crippen LogP contribution in [0.15, 0.2) is 72.8 Å². The fourth-order valence-electron chi connectivity index (χ4n) is 3.21. The molecule has 22 heavy (non-hydrogen) atoms. The molecule has 0 unspecified atom stereocenters. The maximum absolute atomic E-state index is 11.6. The summed E-state index contributed by atoms with van der Waals surface area (Å²) in [4.78, 5) is 11.6. The van der Waals surface area contributed by atoms with Gasteiger partial charge < -0.3 is 4.74 Å². The van der Waals surface area contributed by atoms with E-state index in [-0.39, 0.29) is 11.4 Å². The zero-order chi connectivity index (χ0) is 15.4. The number of carbonyl (C=O) groups excluding carboxylic acids is 1. The van der Waals surface area contributed by atoms with Gasteiger partial charge in [-0.15, -0.1) is 0 Å². The molecule has 1 aliphatic rings. The summed E-state index contributed by atoms with van der Waals surface area (Å²) in [5, 5.41) is 0. The summed E-state index contributed by atoms with van der Waals surface area (Å²) in [5.41, 5.74) is 2.60. The van der Waals surface area contributed by atoms with Gasteiger partial charge in [-0.1, -0.05) is 66.7 Å². The van der Waals surface area contributed by atoms with Crippen molar-refractivity contribution in [2.24, 2.45) is 5.92 Å². The van der Waals surface area contributed by atoms with Crippen LogP contribution in [0.5, 0.6) is 0 Å². The Labute approximate surface area is 131 Å². The molecule has 3 rings (SSSR count). The van der Waals surface area contributed by atoms with Crippen LogP contribution in [0.4, 0.5) is 0 Å². The molecule has 0 radical (unpaired) electrons. The smallest absolute Gasteiger partial charge is 0.330 e. The van der Waals surface area contributed by atoms with Gasteiger partial charge in [0.25, 0.3) is 0 Å². The van der Waals surface area contributed by atoms with Crippen LogP contribution in [0.2, 0.25) is 0 Å². The van der Waals surface area contributed by atoms with Gasteiger partial charge in [-0.3, -0.25) is 0 Å². The molecule has 0 amide bonds. The van der Waals surface area contributed by atoms with Crippen molar-refractivity contribution >= 4 is 5.97 Å². The summed E-state index contributed by atoms with van der Waals surface area (Å²) < 4.78 is 4.97. The number of hydrogen-bond acceptors (Lipinski definition) is 2. The van der Waals surface area contributed by atoms with Crippen LogP contribution in [-0.4, -0.2) is 12.6 Å². The third kappa shape index (κ3) is 2.69. The fraction of sp³-hybridized carbons (Fsp3) is 0.250. The number of rotatable bonds is 5. The lowest BCUT2D eigenvalue weighted by Gasteiger charge is -2.18. The molecule has 1 fully saturated rings. The van der Waals surface area contributed by atoms with Gasteiger partial charge in [0.1, 0.15) is 0 Å². The summed E-state index contributed by atoms with van der Waals surface area (Å²) in [7, 11) is 0. The van der Waals surface area contributed by atoms with Crippen molar-refractivity contribution in [3.05, 3.63) is 83.9 Å². The second kappa shape index (κ2) is 6.18. The Morgan fingerprint density at radius 2 is 1.64 bits per heavy atom. The number of ether oxygens (including phenoxy) is 1. The molecule has 0 N–H and O–H groups in total. The summed E-state index contributed by atoms with van der Waals surface area (Å²) >= 11 is 0. The van der Waals surface area contributed by atoms with Crippen LogP contribution < -0.4 is 0 Å². The van der Waals surface area contributed by atoms with Crippen molar-refractivity contribution in [2.75, 3.05) is 6.61 Å². The molecular formula is C20H20O2. The predicted octanol–water partition coefficient (Wildman–Crippen LogP) is 4.11. The molecule has 2 aromatic rings. The highest BCUT2D eigenvalue weighted by Crippen LogP contribution is 2.59. The minimum absolute atomic E-state index is 0.00842. The van der Waals surface area contributed by atoms with Crippen LogP contribution in [-0.2, 0) is 14.9 Å². The van der Waals surface area contributed by atoms with E-state index in [1.807, 2.05) is 25.1 Å². The van der Waals surface area contributed by atoms with Gasteiger partial charge in [0.2, 0.25) is 0 Å². The second-order valence-corrected chi connectivity index (χ2v) is 5.63. The molecule has 0 saturated heterocycles. The Kier molecular flexibility index (Phi) is 4.10. The SMILES string of the molecule is CCOC(=O)C=C[C@H]1CC1(c1ccccc1)c1ccccc1. The van der Waals surface area contributed by atoms with Crippen molar-refractivity contribution < 1.29 is 9.53 Å². The Morgan fingerprint density at radius 1 is 1.09 bits per heavy atom. The number of hydrogen-bond donors (Lipinski definition) is 0. The molecule has 0 heterocycles. The molecule has 0 spiro atoms. The van der Waals surface area contributed by atoms with Crippen molar-refractivity contribution in [2.45, 2.75) is 18.8 Å². The van der Waals surface area contributed by atoms with Crippen LogP contribution in [0.1, 0.15) is 24.5 Å². The first-order valence-corrected chi connectivity index (χ1v) is 7.73. The number of carbonyl (C=O) groups is 1. The molecular weight excluding hydrogens is 272 g/mol. The van der Waals surface area contributed by atoms with E-state index in [1.165, 1.54) is 11.1 Å². The van der Waals surface area contributed by atoms with Crippen LogP contribution in [0.25, 0.3) is 0 Å². The van der Waals surface area contributed by atoms with E-state index in [0.717, 1.165) is 6.42 Å². The number of allylic oxidation sites excluding steroid dienone is 1. The van der Waals surface area contributed by atoms with Gasteiger partial charge in [0, 0.05) is 11.5 Å². The van der Waals surface area contributed by atoms with Gasteiger partial charge in [0.15, 0.2) is 0 Å². The summed E-state index contributed by atoms with van der Waals surface area (Å²) in [6, 6.07) is 21.1. The van der Waals surface area contributed by atoms with Crippen molar-refractivity contribution in [1.29, 1.82) is 0 Å². The highest BCUT2D eigenvalue weighted by Gasteiger charge is 2.54. The van der Waals surface area contributed by atoms with Gasteiger partial charge in [0.05, 0.1) is 6.61 Å². The molecule has 1 atom stereocenters. The highest BCUT2D eigenvalue weighted by atomic mass is 16.5. The Balaban J connectivity index is 1.90. The Morgan fingerprint density at radius 3 is 2.14 bits per heavy atom. The Bertz CT molecular complexity index is 619. The summed E-state index contributed by atoms with van der Waals surface area (Å²) in [6.45, 7) is 2.23. The molecule has 0 aliphatic heterocycles. The van der Waals surface area contributed by atoms with E-state index in [1.54, 1.807) is 6.08 Å². The molecule has 2 heteroatoms. The van der Waals surface area contributed by atoms with E-state index < -0.39 is 0 Å². The predicted molar refractivity (Wildman–Crippen MR) is 87.5 cm³/mol. The van der Waals surface area contributed by atoms with E-state index in [9.17, 15) is 4.79 Å². The average molecular weight is 292 g/mol. The minimum atomic E-state index is -0.260. The molecule has 112 valence electrons. The van der Waals surface area contributed by atoms with Crippen LogP contribution in [0, 0.1) is 5.92 Å². The number of benzene rings is 2. The first-order chi connectivity index (χ1) is 10.8. The van der Waals surface area contributed by atoms with Gasteiger partial charge in [-0.05, 0) is 30.4 Å². The molecule has 2 nitrogen and oxygen atoms in total. The fourth-order valence-corrected chi connectivity index (χ4v) is 3.21. The monoisotopic (exact) mass is 292 g/mol. The Hall–Kier alpha value is -2.35. The zero-order valence-electron chi connectivity index (χ0n) is 12.7. The van der Waals surface area contributed by atoms with E-state index in [0.29, 0.717) is 12.5 Å². The largest absolute Gasteiger partial charge is 0.463 e. The molecule has 0 bridgehead atoms. The summed E-state index contributed by atoms with van der Waals surface area (Å²) in [5.74, 6) is 0.0751. The van der Waals surface area contributed by atoms with E-state index >= 15 is 0 Å². The lowest BCUT2D eigenvalue weighted by atomic mass is 9.85. The van der Waals surface area contributed by atoms with E-state index in [4.69, 9.17) is 4.74 Å². The maximum Gasteiger partial charge on any atom is 0.330 e. The zero-order valence-corrected chi connectivity index (χ0v) is 12.7. The average Bonchev–Trinajstić information content (AvgIpc) is 3.31. The first-order valence-electron chi connectivity index (χ1n) is 7.73. The molecule has 0 aromatic heterocycles. The van der Waals surface area contributed by atoms with Crippen molar-refractivity contribution in [3.63, 3.8) is 0 Å². The lowest BCUT2D eigenvalue weighted by Crippen LogP contribution is -2.11. The second-order valence-electron chi connectivity index (χ2n) is 5.63. The topological polar surface area (TPSA) is 26.3 Å². The van der Waals surface area contributed by atoms with Gasteiger partial charge in [-0.25, -0.2) is 4.79 Å². The van der Waals surface area contributed by atoms with Crippen LogP contribution >= 0.6 is 0 Å². The quantitative estimate of drug-likeness (QED) is 0.612. The van der Waals surface area contributed by atoms with Crippen molar-refractivity contribution in [3.8, 4) is 0 Å². The molecule has 1 aliphatic carbocycles. The lowest BCUT2D eigenvalue weighted by molar-refractivity contribution is -0.137. The van der Waals surface area contributed by atoms with Crippen molar-refractivity contribution in [1.82, 2.24) is 0 Å². The first kappa shape index (κ1) is 14.6. The maximum atomic E-state index is 11.6. The van der Waals surface area contributed by atoms with Gasteiger partial charge >= 0.3 is 5.97 Å². The van der Waals surface area contributed by atoms with Gasteiger partial charge in [-0.2, -0.15) is 0 Å². The molecule has 2 aromatic carbocycles.